The molecule has 0 fully saturated rings. The Kier molecular flexibility index (Phi) is 7.43. The van der Waals surface area contributed by atoms with E-state index in [1.807, 2.05) is 29.2 Å². The van der Waals surface area contributed by atoms with Gasteiger partial charge < -0.3 is 9.80 Å². The van der Waals surface area contributed by atoms with Crippen LogP contribution in [0.15, 0.2) is 83.9 Å². The highest BCUT2D eigenvalue weighted by atomic mass is 16.2. The highest BCUT2D eigenvalue weighted by Gasteiger charge is 2.38. The number of likely N-dealkylation sites (N-methyl/N-ethyl adjacent to an activating group) is 1. The first kappa shape index (κ1) is 23.7. The predicted molar refractivity (Wildman–Crippen MR) is 140 cm³/mol. The van der Waals surface area contributed by atoms with Crippen LogP contribution >= 0.6 is 0 Å². The third-order valence-electron chi connectivity index (χ3n) is 6.03. The van der Waals surface area contributed by atoms with Gasteiger partial charge in [-0.1, -0.05) is 66.7 Å². The number of hydrogen-bond acceptors (Lipinski definition) is 4. The molecule has 5 heteroatoms. The number of amides is 1. The molecule has 0 aromatic heterocycles. The second-order valence-electron chi connectivity index (χ2n) is 9.36. The molecule has 0 aliphatic carbocycles. The van der Waals surface area contributed by atoms with Crippen LogP contribution in [0.4, 0.5) is 5.69 Å². The van der Waals surface area contributed by atoms with Crippen LogP contribution in [0.3, 0.4) is 0 Å². The molecule has 1 heterocycles. The topological polar surface area (TPSA) is 39.2 Å². The summed E-state index contributed by atoms with van der Waals surface area (Å²) in [5.74, 6) is 0.772. The number of benzene rings is 3. The molecule has 3 aromatic rings. The number of nitrogens with zero attached hydrogens (tertiary/aromatic N) is 4. The Morgan fingerprint density at radius 2 is 1.41 bits per heavy atom. The van der Waals surface area contributed by atoms with E-state index in [9.17, 15) is 4.79 Å². The van der Waals surface area contributed by atoms with E-state index >= 15 is 0 Å². The molecular formula is C29H34N4O. The standard InChI is InChI=1S/C29H34N4O/c1-22-17-23(2)19-26(18-22)33-28(34)27(20-24-11-7-5-8-12-24)30-29(33)32(16-15-31(3)4)21-25-13-9-6-10-14-25/h5-14,17-19,27H,15-16,20-21H2,1-4H3. The van der Waals surface area contributed by atoms with Gasteiger partial charge >= 0.3 is 0 Å². The van der Waals surface area contributed by atoms with Gasteiger partial charge in [-0.15, -0.1) is 0 Å². The summed E-state index contributed by atoms with van der Waals surface area (Å²) in [5, 5.41) is 0. The zero-order chi connectivity index (χ0) is 24.1. The molecule has 0 radical (unpaired) electrons. The Bertz CT molecular complexity index is 1120. The molecule has 1 aliphatic rings. The van der Waals surface area contributed by atoms with Crippen LogP contribution < -0.4 is 4.90 Å². The van der Waals surface area contributed by atoms with E-state index in [0.29, 0.717) is 13.0 Å². The molecule has 1 atom stereocenters. The van der Waals surface area contributed by atoms with Crippen LogP contribution in [0.1, 0.15) is 22.3 Å². The van der Waals surface area contributed by atoms with Crippen molar-refractivity contribution < 1.29 is 4.79 Å². The number of hydrogen-bond donors (Lipinski definition) is 0. The number of anilines is 1. The summed E-state index contributed by atoms with van der Waals surface area (Å²) in [5.41, 5.74) is 5.48. The van der Waals surface area contributed by atoms with Gasteiger partial charge in [-0.25, -0.2) is 9.89 Å². The molecule has 0 bridgehead atoms. The minimum absolute atomic E-state index is 0.0340. The average molecular weight is 455 g/mol. The zero-order valence-corrected chi connectivity index (χ0v) is 20.6. The fourth-order valence-corrected chi connectivity index (χ4v) is 4.39. The molecular weight excluding hydrogens is 420 g/mol. The largest absolute Gasteiger partial charge is 0.337 e. The van der Waals surface area contributed by atoms with Crippen LogP contribution in [0.2, 0.25) is 0 Å². The van der Waals surface area contributed by atoms with Gasteiger partial charge in [0, 0.05) is 26.1 Å². The van der Waals surface area contributed by atoms with Gasteiger partial charge in [-0.3, -0.25) is 4.79 Å². The Morgan fingerprint density at radius 3 is 2.00 bits per heavy atom. The summed E-state index contributed by atoms with van der Waals surface area (Å²) >= 11 is 0. The van der Waals surface area contributed by atoms with Gasteiger partial charge in [-0.05, 0) is 62.3 Å². The van der Waals surface area contributed by atoms with E-state index < -0.39 is 6.04 Å². The smallest absolute Gasteiger partial charge is 0.259 e. The predicted octanol–water partition coefficient (Wildman–Crippen LogP) is 4.68. The summed E-state index contributed by atoms with van der Waals surface area (Å²) in [6.07, 6.45) is 0.595. The molecule has 34 heavy (non-hydrogen) atoms. The molecule has 176 valence electrons. The van der Waals surface area contributed by atoms with Crippen LogP contribution in [0.25, 0.3) is 0 Å². The Morgan fingerprint density at radius 1 is 0.824 bits per heavy atom. The van der Waals surface area contributed by atoms with E-state index in [4.69, 9.17) is 4.99 Å². The molecule has 5 nitrogen and oxygen atoms in total. The maximum atomic E-state index is 13.8. The third-order valence-corrected chi connectivity index (χ3v) is 6.03. The van der Waals surface area contributed by atoms with Gasteiger partial charge in [0.2, 0.25) is 5.96 Å². The van der Waals surface area contributed by atoms with Crippen molar-refractivity contribution in [3.05, 3.63) is 101 Å². The lowest BCUT2D eigenvalue weighted by Gasteiger charge is -2.31. The van der Waals surface area contributed by atoms with Crippen molar-refractivity contribution in [1.29, 1.82) is 0 Å². The van der Waals surface area contributed by atoms with Crippen molar-refractivity contribution in [2.24, 2.45) is 4.99 Å². The second-order valence-corrected chi connectivity index (χ2v) is 9.36. The third kappa shape index (κ3) is 5.72. The monoisotopic (exact) mass is 454 g/mol. The van der Waals surface area contributed by atoms with Gasteiger partial charge in [0.1, 0.15) is 6.04 Å². The molecule has 3 aromatic carbocycles. The van der Waals surface area contributed by atoms with E-state index in [-0.39, 0.29) is 5.91 Å². The molecule has 1 aliphatic heterocycles. The van der Waals surface area contributed by atoms with Crippen LogP contribution in [-0.2, 0) is 17.8 Å². The summed E-state index contributed by atoms with van der Waals surface area (Å²) in [4.78, 5) is 25.1. The Labute approximate surface area is 203 Å². The maximum Gasteiger partial charge on any atom is 0.259 e. The van der Waals surface area contributed by atoms with E-state index in [0.717, 1.165) is 41.4 Å². The molecule has 0 spiro atoms. The van der Waals surface area contributed by atoms with Gasteiger partial charge in [0.25, 0.3) is 5.91 Å². The lowest BCUT2D eigenvalue weighted by molar-refractivity contribution is -0.118. The molecule has 0 saturated heterocycles. The van der Waals surface area contributed by atoms with E-state index in [1.54, 1.807) is 0 Å². The first-order valence-electron chi connectivity index (χ1n) is 11.9. The van der Waals surface area contributed by atoms with Crippen LogP contribution in [0, 0.1) is 13.8 Å². The van der Waals surface area contributed by atoms with E-state index in [2.05, 4.69) is 92.3 Å². The first-order chi connectivity index (χ1) is 16.4. The van der Waals surface area contributed by atoms with Gasteiger partial charge in [0.05, 0.1) is 5.69 Å². The Hall–Kier alpha value is -3.44. The fraction of sp³-hybridized carbons (Fsp3) is 0.310. The van der Waals surface area contributed by atoms with Crippen LogP contribution in [0.5, 0.6) is 0 Å². The number of carbonyl (C=O) groups excluding carboxylic acids is 1. The minimum Gasteiger partial charge on any atom is -0.337 e. The summed E-state index contributed by atoms with van der Waals surface area (Å²) in [6.45, 7) is 6.48. The second kappa shape index (κ2) is 10.7. The SMILES string of the molecule is Cc1cc(C)cc(N2C(=O)C(Cc3ccccc3)N=C2N(CCN(C)C)Cc2ccccc2)c1. The highest BCUT2D eigenvalue weighted by Crippen LogP contribution is 2.28. The minimum atomic E-state index is -0.434. The normalized spacial score (nSPS) is 15.7. The number of rotatable bonds is 8. The van der Waals surface area contributed by atoms with Crippen molar-refractivity contribution in [1.82, 2.24) is 9.80 Å². The summed E-state index contributed by atoms with van der Waals surface area (Å²) < 4.78 is 0. The summed E-state index contributed by atoms with van der Waals surface area (Å²) in [6, 6.07) is 26.4. The molecule has 1 amide bonds. The quantitative estimate of drug-likeness (QED) is 0.496. The van der Waals surface area contributed by atoms with Crippen molar-refractivity contribution in [2.75, 3.05) is 32.1 Å². The summed E-state index contributed by atoms with van der Waals surface area (Å²) in [7, 11) is 4.14. The average Bonchev–Trinajstić information content (AvgIpc) is 3.13. The number of aliphatic imine (C=N–C) groups is 1. The van der Waals surface area contributed by atoms with Crippen molar-refractivity contribution >= 4 is 17.6 Å². The zero-order valence-electron chi connectivity index (χ0n) is 20.6. The molecule has 0 saturated carbocycles. The first-order valence-corrected chi connectivity index (χ1v) is 11.9. The number of carbonyl (C=O) groups is 1. The van der Waals surface area contributed by atoms with Crippen molar-refractivity contribution in [3.63, 3.8) is 0 Å². The van der Waals surface area contributed by atoms with Crippen molar-refractivity contribution in [3.8, 4) is 0 Å². The fourth-order valence-electron chi connectivity index (χ4n) is 4.39. The van der Waals surface area contributed by atoms with Crippen molar-refractivity contribution in [2.45, 2.75) is 32.9 Å². The van der Waals surface area contributed by atoms with Crippen LogP contribution in [-0.4, -0.2) is 54.9 Å². The van der Waals surface area contributed by atoms with Gasteiger partial charge in [0.15, 0.2) is 0 Å². The van der Waals surface area contributed by atoms with E-state index in [1.165, 1.54) is 5.56 Å². The number of guanidine groups is 1. The lowest BCUT2D eigenvalue weighted by Crippen LogP contribution is -2.46. The number of aryl methyl sites for hydroxylation is 2. The van der Waals surface area contributed by atoms with Gasteiger partial charge in [-0.2, -0.15) is 0 Å². The molecule has 0 N–H and O–H groups in total. The Balaban J connectivity index is 1.74. The molecule has 1 unspecified atom stereocenters. The lowest BCUT2D eigenvalue weighted by atomic mass is 10.1. The molecule has 4 rings (SSSR count). The maximum absolute atomic E-state index is 13.8. The highest BCUT2D eigenvalue weighted by molar-refractivity contribution is 6.22.